The number of amides is 1. The minimum atomic E-state index is -3.54. The van der Waals surface area contributed by atoms with Crippen molar-refractivity contribution in [1.29, 1.82) is 0 Å². The minimum absolute atomic E-state index is 0.144. The Bertz CT molecular complexity index is 1080. The zero-order valence-corrected chi connectivity index (χ0v) is 17.3. The molecule has 0 saturated heterocycles. The second-order valence-electron chi connectivity index (χ2n) is 6.65. The molecule has 0 aliphatic rings. The lowest BCUT2D eigenvalue weighted by atomic mass is 10.1. The van der Waals surface area contributed by atoms with E-state index in [-0.39, 0.29) is 22.6 Å². The molecule has 5 nitrogen and oxygen atoms in total. The number of sulfonamides is 1. The van der Waals surface area contributed by atoms with E-state index in [1.165, 1.54) is 29.3 Å². The molecule has 0 heterocycles. The number of anilines is 1. The van der Waals surface area contributed by atoms with Crippen LogP contribution < -0.4 is 10.0 Å². The molecule has 0 aromatic heterocycles. The summed E-state index contributed by atoms with van der Waals surface area (Å²) in [4.78, 5) is 13.4. The van der Waals surface area contributed by atoms with E-state index in [2.05, 4.69) is 22.2 Å². The van der Waals surface area contributed by atoms with Crippen molar-refractivity contribution in [3.63, 3.8) is 0 Å². The molecular weight excluding hydrogens is 392 g/mol. The van der Waals surface area contributed by atoms with E-state index in [9.17, 15) is 13.2 Å². The summed E-state index contributed by atoms with van der Waals surface area (Å²) in [5.41, 5.74) is 0.563. The standard InChI is InChI=1S/C21H22N2O3S2/c1-15(2)23-28(25,26)20-11-8-18(9-12-20)22-21(24)14-27-19-10-7-16-5-3-4-6-17(16)13-19/h3-13,15,23H,14H2,1-2H3,(H,22,24). The number of nitrogens with one attached hydrogen (secondary N) is 2. The summed E-state index contributed by atoms with van der Waals surface area (Å²) < 4.78 is 26.8. The molecule has 0 radical (unpaired) electrons. The zero-order chi connectivity index (χ0) is 20.1. The first kappa shape index (κ1) is 20.4. The zero-order valence-electron chi connectivity index (χ0n) is 15.7. The quantitative estimate of drug-likeness (QED) is 0.567. The molecule has 0 spiro atoms. The van der Waals surface area contributed by atoms with Crippen LogP contribution in [0.25, 0.3) is 10.8 Å². The highest BCUT2D eigenvalue weighted by Gasteiger charge is 2.15. The number of thioether (sulfide) groups is 1. The van der Waals surface area contributed by atoms with Gasteiger partial charge in [-0.15, -0.1) is 11.8 Å². The SMILES string of the molecule is CC(C)NS(=O)(=O)c1ccc(NC(=O)CSc2ccc3ccccc3c2)cc1. The Morgan fingerprint density at radius 2 is 1.64 bits per heavy atom. The summed E-state index contributed by atoms with van der Waals surface area (Å²) in [5.74, 6) is 0.127. The molecule has 0 aliphatic heterocycles. The molecule has 0 atom stereocenters. The highest BCUT2D eigenvalue weighted by Crippen LogP contribution is 2.24. The van der Waals surface area contributed by atoms with Crippen LogP contribution in [0.4, 0.5) is 5.69 Å². The maximum Gasteiger partial charge on any atom is 0.240 e. The Morgan fingerprint density at radius 1 is 0.964 bits per heavy atom. The van der Waals surface area contributed by atoms with Crippen LogP contribution in [0.2, 0.25) is 0 Å². The third kappa shape index (κ3) is 5.34. The molecule has 3 aromatic rings. The molecule has 3 aromatic carbocycles. The molecule has 3 rings (SSSR count). The van der Waals surface area contributed by atoms with Gasteiger partial charge in [-0.1, -0.05) is 30.3 Å². The molecule has 1 amide bonds. The molecule has 28 heavy (non-hydrogen) atoms. The number of rotatable bonds is 7. The highest BCUT2D eigenvalue weighted by molar-refractivity contribution is 8.00. The van der Waals surface area contributed by atoms with Crippen molar-refractivity contribution in [2.24, 2.45) is 0 Å². The van der Waals surface area contributed by atoms with Crippen molar-refractivity contribution in [1.82, 2.24) is 4.72 Å². The van der Waals surface area contributed by atoms with Crippen LogP contribution in [0.5, 0.6) is 0 Å². The summed E-state index contributed by atoms with van der Waals surface area (Å²) in [7, 11) is -3.54. The van der Waals surface area contributed by atoms with Gasteiger partial charge >= 0.3 is 0 Å². The summed E-state index contributed by atoms with van der Waals surface area (Å²) in [5, 5.41) is 5.10. The lowest BCUT2D eigenvalue weighted by Crippen LogP contribution is -2.30. The Labute approximate surface area is 169 Å². The normalized spacial score (nSPS) is 11.7. The van der Waals surface area contributed by atoms with Crippen LogP contribution in [-0.2, 0) is 14.8 Å². The molecule has 0 saturated carbocycles. The van der Waals surface area contributed by atoms with Crippen LogP contribution in [0, 0.1) is 0 Å². The average molecular weight is 415 g/mol. The average Bonchev–Trinajstić information content (AvgIpc) is 2.65. The monoisotopic (exact) mass is 414 g/mol. The van der Waals surface area contributed by atoms with Gasteiger partial charge in [-0.2, -0.15) is 0 Å². The van der Waals surface area contributed by atoms with Crippen LogP contribution in [0.3, 0.4) is 0 Å². The third-order valence-corrected chi connectivity index (χ3v) is 6.60. The largest absolute Gasteiger partial charge is 0.325 e. The van der Waals surface area contributed by atoms with Gasteiger partial charge in [0.25, 0.3) is 0 Å². The van der Waals surface area contributed by atoms with E-state index in [0.717, 1.165) is 10.3 Å². The number of carbonyl (C=O) groups excluding carboxylic acids is 1. The number of hydrogen-bond donors (Lipinski definition) is 2. The number of hydrogen-bond acceptors (Lipinski definition) is 4. The van der Waals surface area contributed by atoms with E-state index >= 15 is 0 Å². The first-order valence-electron chi connectivity index (χ1n) is 8.87. The predicted molar refractivity (Wildman–Crippen MR) is 115 cm³/mol. The van der Waals surface area contributed by atoms with Crippen LogP contribution >= 0.6 is 11.8 Å². The highest BCUT2D eigenvalue weighted by atomic mass is 32.2. The van der Waals surface area contributed by atoms with Gasteiger partial charge in [0.15, 0.2) is 0 Å². The molecule has 0 bridgehead atoms. The summed E-state index contributed by atoms with van der Waals surface area (Å²) >= 11 is 1.46. The Morgan fingerprint density at radius 3 is 2.32 bits per heavy atom. The summed E-state index contributed by atoms with van der Waals surface area (Å²) in [6.45, 7) is 3.53. The fraction of sp³-hybridized carbons (Fsp3) is 0.190. The van der Waals surface area contributed by atoms with E-state index in [1.54, 1.807) is 26.0 Å². The first-order valence-corrected chi connectivity index (χ1v) is 11.3. The summed E-state index contributed by atoms with van der Waals surface area (Å²) in [6.07, 6.45) is 0. The minimum Gasteiger partial charge on any atom is -0.325 e. The lowest BCUT2D eigenvalue weighted by molar-refractivity contribution is -0.113. The van der Waals surface area contributed by atoms with Crippen molar-refractivity contribution < 1.29 is 13.2 Å². The van der Waals surface area contributed by atoms with Crippen molar-refractivity contribution >= 4 is 44.2 Å². The van der Waals surface area contributed by atoms with Gasteiger partial charge < -0.3 is 5.32 Å². The molecular formula is C21H22N2O3S2. The summed E-state index contributed by atoms with van der Waals surface area (Å²) in [6, 6.07) is 20.2. The second-order valence-corrected chi connectivity index (χ2v) is 9.41. The van der Waals surface area contributed by atoms with Crippen molar-refractivity contribution in [2.75, 3.05) is 11.1 Å². The topological polar surface area (TPSA) is 75.3 Å². The number of fused-ring (bicyclic) bond motifs is 1. The Kier molecular flexibility index (Phi) is 6.39. The molecule has 0 unspecified atom stereocenters. The molecule has 0 fully saturated rings. The maximum absolute atomic E-state index is 12.2. The third-order valence-electron chi connectivity index (χ3n) is 3.93. The van der Waals surface area contributed by atoms with Crippen molar-refractivity contribution in [3.8, 4) is 0 Å². The molecule has 7 heteroatoms. The predicted octanol–water partition coefficient (Wildman–Crippen LogP) is 4.26. The van der Waals surface area contributed by atoms with E-state index in [4.69, 9.17) is 0 Å². The number of carbonyl (C=O) groups is 1. The molecule has 146 valence electrons. The Hall–Kier alpha value is -2.35. The van der Waals surface area contributed by atoms with Gasteiger partial charge in [-0.05, 0) is 61.0 Å². The fourth-order valence-electron chi connectivity index (χ4n) is 2.70. The van der Waals surface area contributed by atoms with Gasteiger partial charge in [-0.3, -0.25) is 4.79 Å². The fourth-order valence-corrected chi connectivity index (χ4v) is 4.69. The van der Waals surface area contributed by atoms with Crippen LogP contribution in [0.15, 0.2) is 76.5 Å². The lowest BCUT2D eigenvalue weighted by Gasteiger charge is -2.10. The van der Waals surface area contributed by atoms with Gasteiger partial charge in [0.05, 0.1) is 10.6 Å². The van der Waals surface area contributed by atoms with Crippen LogP contribution in [-0.4, -0.2) is 26.1 Å². The van der Waals surface area contributed by atoms with Gasteiger partial charge in [0.2, 0.25) is 15.9 Å². The van der Waals surface area contributed by atoms with E-state index < -0.39 is 10.0 Å². The molecule has 2 N–H and O–H groups in total. The second kappa shape index (κ2) is 8.77. The van der Waals surface area contributed by atoms with Crippen molar-refractivity contribution in [3.05, 3.63) is 66.7 Å². The van der Waals surface area contributed by atoms with Gasteiger partial charge in [0, 0.05) is 16.6 Å². The van der Waals surface area contributed by atoms with Gasteiger partial charge in [0.1, 0.15) is 0 Å². The van der Waals surface area contributed by atoms with Crippen molar-refractivity contribution in [2.45, 2.75) is 29.7 Å². The maximum atomic E-state index is 12.2. The first-order chi connectivity index (χ1) is 13.3. The van der Waals surface area contributed by atoms with Crippen LogP contribution in [0.1, 0.15) is 13.8 Å². The van der Waals surface area contributed by atoms with E-state index in [1.807, 2.05) is 30.3 Å². The van der Waals surface area contributed by atoms with E-state index in [0.29, 0.717) is 5.69 Å². The smallest absolute Gasteiger partial charge is 0.240 e. The number of benzene rings is 3. The Balaban J connectivity index is 1.58. The van der Waals surface area contributed by atoms with Gasteiger partial charge in [-0.25, -0.2) is 13.1 Å². The molecule has 0 aliphatic carbocycles.